The van der Waals surface area contributed by atoms with Gasteiger partial charge < -0.3 is 10.1 Å². The fourth-order valence-corrected chi connectivity index (χ4v) is 2.59. The molecule has 0 saturated heterocycles. The van der Waals surface area contributed by atoms with Gasteiger partial charge in [0.05, 0.1) is 5.41 Å². The van der Waals surface area contributed by atoms with Crippen LogP contribution >= 0.6 is 0 Å². The van der Waals surface area contributed by atoms with E-state index in [9.17, 15) is 9.18 Å². The van der Waals surface area contributed by atoms with E-state index < -0.39 is 5.41 Å². The second-order valence-electron chi connectivity index (χ2n) is 6.73. The molecule has 0 bridgehead atoms. The van der Waals surface area contributed by atoms with Gasteiger partial charge in [0.2, 0.25) is 11.8 Å². The quantitative estimate of drug-likeness (QED) is 0.695. The molecule has 1 heterocycles. The molecule has 27 heavy (non-hydrogen) atoms. The van der Waals surface area contributed by atoms with E-state index in [0.717, 1.165) is 11.1 Å². The molecule has 0 unspecified atom stereocenters. The number of carbonyl (C=O) groups excluding carboxylic acids is 1. The highest BCUT2D eigenvalue weighted by molar-refractivity contribution is 5.87. The first-order valence-corrected chi connectivity index (χ1v) is 8.67. The zero-order chi connectivity index (χ0) is 19.3. The number of amides is 1. The average Bonchev–Trinajstić information content (AvgIpc) is 2.68. The van der Waals surface area contributed by atoms with E-state index in [4.69, 9.17) is 4.74 Å². The lowest BCUT2D eigenvalue weighted by molar-refractivity contribution is -0.125. The molecule has 0 saturated carbocycles. The number of ether oxygens (including phenoxy) is 1. The summed E-state index contributed by atoms with van der Waals surface area (Å²) in [4.78, 5) is 16.8. The molecule has 0 aliphatic rings. The fourth-order valence-electron chi connectivity index (χ4n) is 2.59. The van der Waals surface area contributed by atoms with E-state index in [-0.39, 0.29) is 11.7 Å². The van der Waals surface area contributed by atoms with E-state index in [2.05, 4.69) is 10.3 Å². The van der Waals surface area contributed by atoms with Crippen LogP contribution in [0.5, 0.6) is 11.6 Å². The van der Waals surface area contributed by atoms with Crippen LogP contribution in [0.1, 0.15) is 25.0 Å². The van der Waals surface area contributed by atoms with Crippen molar-refractivity contribution in [2.45, 2.75) is 25.8 Å². The first-order chi connectivity index (χ1) is 12.9. The zero-order valence-electron chi connectivity index (χ0n) is 15.3. The predicted molar refractivity (Wildman–Crippen MR) is 102 cm³/mol. The summed E-state index contributed by atoms with van der Waals surface area (Å²) < 4.78 is 18.7. The monoisotopic (exact) mass is 364 g/mol. The maximum Gasteiger partial charge on any atom is 0.230 e. The van der Waals surface area contributed by atoms with Gasteiger partial charge in [-0.1, -0.05) is 36.4 Å². The van der Waals surface area contributed by atoms with Crippen molar-refractivity contribution in [2.24, 2.45) is 0 Å². The Bertz CT molecular complexity index is 892. The van der Waals surface area contributed by atoms with Crippen molar-refractivity contribution in [1.82, 2.24) is 10.3 Å². The molecule has 0 spiro atoms. The average molecular weight is 364 g/mol. The van der Waals surface area contributed by atoms with Crippen molar-refractivity contribution in [1.29, 1.82) is 0 Å². The molecule has 4 nitrogen and oxygen atoms in total. The first kappa shape index (κ1) is 18.6. The summed E-state index contributed by atoms with van der Waals surface area (Å²) in [5.41, 5.74) is 0.849. The summed E-state index contributed by atoms with van der Waals surface area (Å²) in [6.07, 6.45) is 1.67. The number of pyridine rings is 1. The Labute approximate surface area is 158 Å². The molecule has 1 N–H and O–H groups in total. The van der Waals surface area contributed by atoms with Crippen LogP contribution in [0.15, 0.2) is 72.9 Å². The molecule has 0 atom stereocenters. The van der Waals surface area contributed by atoms with Crippen LogP contribution in [0, 0.1) is 5.82 Å². The highest BCUT2D eigenvalue weighted by atomic mass is 19.1. The number of halogens is 1. The summed E-state index contributed by atoms with van der Waals surface area (Å²) in [5, 5.41) is 2.91. The van der Waals surface area contributed by atoms with Crippen molar-refractivity contribution in [3.05, 3.63) is 89.9 Å². The smallest absolute Gasteiger partial charge is 0.230 e. The molecule has 3 rings (SSSR count). The fraction of sp³-hybridized carbons (Fsp3) is 0.182. The number of benzene rings is 2. The normalized spacial score (nSPS) is 11.1. The predicted octanol–water partition coefficient (Wildman–Crippen LogP) is 4.61. The van der Waals surface area contributed by atoms with Gasteiger partial charge in [0.15, 0.2) is 0 Å². The van der Waals surface area contributed by atoms with Gasteiger partial charge >= 0.3 is 0 Å². The van der Waals surface area contributed by atoms with Crippen LogP contribution in [-0.2, 0) is 16.8 Å². The molecule has 1 amide bonds. The van der Waals surface area contributed by atoms with Gasteiger partial charge in [0.1, 0.15) is 11.6 Å². The number of hydrogen-bond donors (Lipinski definition) is 1. The molecule has 1 aromatic heterocycles. The van der Waals surface area contributed by atoms with Gasteiger partial charge in [0, 0.05) is 18.8 Å². The van der Waals surface area contributed by atoms with Crippen molar-refractivity contribution in [2.75, 3.05) is 0 Å². The molecule has 0 aliphatic heterocycles. The van der Waals surface area contributed by atoms with Gasteiger partial charge in [0.25, 0.3) is 0 Å². The largest absolute Gasteiger partial charge is 0.439 e. The Balaban J connectivity index is 1.59. The third-order valence-corrected chi connectivity index (χ3v) is 4.35. The first-order valence-electron chi connectivity index (χ1n) is 8.67. The molecule has 0 fully saturated rings. The standard InChI is InChI=1S/C22H21FN2O2/c1-22(2,17-9-11-18(23)12-10-17)21(26)25-15-16-8-13-20(24-14-16)27-19-6-4-3-5-7-19/h3-14H,15H2,1-2H3,(H,25,26). The van der Waals surface area contributed by atoms with Gasteiger partial charge in [-0.25, -0.2) is 9.37 Å². The Morgan fingerprint density at radius 2 is 1.74 bits per heavy atom. The summed E-state index contributed by atoms with van der Waals surface area (Å²) in [7, 11) is 0. The Kier molecular flexibility index (Phi) is 5.50. The van der Waals surface area contributed by atoms with Crippen LogP contribution in [0.2, 0.25) is 0 Å². The van der Waals surface area contributed by atoms with E-state index in [0.29, 0.717) is 18.2 Å². The highest BCUT2D eigenvalue weighted by Crippen LogP contribution is 2.24. The number of aromatic nitrogens is 1. The molecule has 0 radical (unpaired) electrons. The van der Waals surface area contributed by atoms with Gasteiger partial charge in [-0.05, 0) is 49.2 Å². The van der Waals surface area contributed by atoms with Crippen molar-refractivity contribution in [3.63, 3.8) is 0 Å². The minimum absolute atomic E-state index is 0.140. The summed E-state index contributed by atoms with van der Waals surface area (Å²) in [5.74, 6) is 0.743. The van der Waals surface area contributed by atoms with Gasteiger partial charge in [-0.2, -0.15) is 0 Å². The lowest BCUT2D eigenvalue weighted by Gasteiger charge is -2.24. The van der Waals surface area contributed by atoms with Gasteiger partial charge in [-0.3, -0.25) is 4.79 Å². The minimum Gasteiger partial charge on any atom is -0.439 e. The zero-order valence-corrected chi connectivity index (χ0v) is 15.3. The highest BCUT2D eigenvalue weighted by Gasteiger charge is 2.29. The minimum atomic E-state index is -0.766. The number of rotatable bonds is 6. The van der Waals surface area contributed by atoms with Crippen molar-refractivity contribution in [3.8, 4) is 11.6 Å². The maximum atomic E-state index is 13.1. The number of para-hydroxylation sites is 1. The van der Waals surface area contributed by atoms with Gasteiger partial charge in [-0.15, -0.1) is 0 Å². The molecule has 2 aromatic carbocycles. The van der Waals surface area contributed by atoms with E-state index >= 15 is 0 Å². The number of hydrogen-bond acceptors (Lipinski definition) is 3. The van der Waals surface area contributed by atoms with Crippen LogP contribution in [0.3, 0.4) is 0 Å². The van der Waals surface area contributed by atoms with Crippen molar-refractivity contribution < 1.29 is 13.9 Å². The van der Waals surface area contributed by atoms with Crippen molar-refractivity contribution >= 4 is 5.91 Å². The number of nitrogens with one attached hydrogen (secondary N) is 1. The molecule has 3 aromatic rings. The Morgan fingerprint density at radius 3 is 2.37 bits per heavy atom. The molecule has 0 aliphatic carbocycles. The summed E-state index contributed by atoms with van der Waals surface area (Å²) in [6.45, 7) is 3.97. The van der Waals surface area contributed by atoms with E-state index in [1.54, 1.807) is 24.4 Å². The molecule has 5 heteroatoms. The topological polar surface area (TPSA) is 51.2 Å². The number of nitrogens with zero attached hydrogens (tertiary/aromatic N) is 1. The van der Waals surface area contributed by atoms with E-state index in [1.807, 2.05) is 50.2 Å². The molecule has 138 valence electrons. The summed E-state index contributed by atoms with van der Waals surface area (Å²) >= 11 is 0. The molecular weight excluding hydrogens is 343 g/mol. The Morgan fingerprint density at radius 1 is 1.04 bits per heavy atom. The lowest BCUT2D eigenvalue weighted by atomic mass is 9.83. The third kappa shape index (κ3) is 4.70. The van der Waals surface area contributed by atoms with Crippen LogP contribution in [0.25, 0.3) is 0 Å². The summed E-state index contributed by atoms with van der Waals surface area (Å²) in [6, 6.07) is 19.0. The number of carbonyl (C=O) groups is 1. The maximum absolute atomic E-state index is 13.1. The molecular formula is C22H21FN2O2. The van der Waals surface area contributed by atoms with Crippen LogP contribution < -0.4 is 10.1 Å². The second-order valence-corrected chi connectivity index (χ2v) is 6.73. The van der Waals surface area contributed by atoms with Crippen LogP contribution in [-0.4, -0.2) is 10.9 Å². The SMILES string of the molecule is CC(C)(C(=O)NCc1ccc(Oc2ccccc2)nc1)c1ccc(F)cc1. The Hall–Kier alpha value is -3.21. The lowest BCUT2D eigenvalue weighted by Crippen LogP contribution is -2.39. The van der Waals surface area contributed by atoms with Crippen LogP contribution in [0.4, 0.5) is 4.39 Å². The second kappa shape index (κ2) is 7.99. The third-order valence-electron chi connectivity index (χ3n) is 4.35. The van der Waals surface area contributed by atoms with E-state index in [1.165, 1.54) is 12.1 Å².